The molecule has 0 spiro atoms. The Balaban J connectivity index is 2.21. The number of aromatic nitrogens is 1. The van der Waals surface area contributed by atoms with E-state index in [9.17, 15) is 14.3 Å². The molecule has 112 valence electrons. The fourth-order valence-corrected chi connectivity index (χ4v) is 3.21. The third-order valence-corrected chi connectivity index (χ3v) is 4.71. The Labute approximate surface area is 142 Å². The number of carboxylic acids is 1. The number of hydrogen-bond donors (Lipinski definition) is 1. The molecule has 0 bridgehead atoms. The molecule has 3 aromatic rings. The van der Waals surface area contributed by atoms with Crippen molar-refractivity contribution in [3.05, 3.63) is 68.5 Å². The molecule has 0 unspecified atom stereocenters. The van der Waals surface area contributed by atoms with Crippen LogP contribution in [0, 0.1) is 5.82 Å². The lowest BCUT2D eigenvalue weighted by molar-refractivity contribution is 0.0686. The molecule has 2 aromatic carbocycles. The van der Waals surface area contributed by atoms with Gasteiger partial charge in [0.25, 0.3) is 0 Å². The predicted molar refractivity (Wildman–Crippen MR) is 89.8 cm³/mol. The van der Waals surface area contributed by atoms with E-state index in [0.717, 1.165) is 14.5 Å². The first-order valence-electron chi connectivity index (χ1n) is 6.42. The molecule has 0 fully saturated rings. The molecule has 3 rings (SSSR count). The van der Waals surface area contributed by atoms with E-state index in [1.165, 1.54) is 12.1 Å². The maximum atomic E-state index is 13.9. The van der Waals surface area contributed by atoms with Crippen LogP contribution in [0.25, 0.3) is 10.9 Å². The minimum absolute atomic E-state index is 0.0620. The van der Waals surface area contributed by atoms with Crippen LogP contribution < -0.4 is 0 Å². The Morgan fingerprint density at radius 1 is 1.18 bits per heavy atom. The summed E-state index contributed by atoms with van der Waals surface area (Å²) < 4.78 is 17.3. The largest absolute Gasteiger partial charge is 0.477 e. The third kappa shape index (κ3) is 2.68. The quantitative estimate of drug-likeness (QED) is 0.636. The van der Waals surface area contributed by atoms with Crippen molar-refractivity contribution in [1.82, 2.24) is 4.57 Å². The first-order valence-corrected chi connectivity index (χ1v) is 8.01. The molecule has 6 heteroatoms. The molecule has 0 saturated heterocycles. The second-order valence-electron chi connectivity index (χ2n) is 4.83. The van der Waals surface area contributed by atoms with Crippen molar-refractivity contribution in [1.29, 1.82) is 0 Å². The average molecular weight is 427 g/mol. The zero-order chi connectivity index (χ0) is 15.9. The van der Waals surface area contributed by atoms with Crippen LogP contribution in [0.2, 0.25) is 0 Å². The molecular formula is C16H10Br2FNO2. The van der Waals surface area contributed by atoms with Crippen molar-refractivity contribution < 1.29 is 14.3 Å². The van der Waals surface area contributed by atoms with Crippen molar-refractivity contribution in [2.24, 2.45) is 0 Å². The van der Waals surface area contributed by atoms with E-state index in [4.69, 9.17) is 0 Å². The highest BCUT2D eigenvalue weighted by molar-refractivity contribution is 9.11. The van der Waals surface area contributed by atoms with Gasteiger partial charge in [-0.25, -0.2) is 9.18 Å². The van der Waals surface area contributed by atoms with Crippen molar-refractivity contribution in [2.45, 2.75) is 6.54 Å². The van der Waals surface area contributed by atoms with Crippen LogP contribution in [0.15, 0.2) is 51.4 Å². The molecule has 0 aliphatic heterocycles. The highest BCUT2D eigenvalue weighted by Gasteiger charge is 2.17. The molecule has 22 heavy (non-hydrogen) atoms. The molecule has 3 nitrogen and oxygen atoms in total. The number of rotatable bonds is 3. The van der Waals surface area contributed by atoms with E-state index in [2.05, 4.69) is 31.9 Å². The number of aromatic carboxylic acids is 1. The van der Waals surface area contributed by atoms with Crippen molar-refractivity contribution in [3.8, 4) is 0 Å². The topological polar surface area (TPSA) is 42.2 Å². The molecule has 0 amide bonds. The molecule has 1 aromatic heterocycles. The predicted octanol–water partition coefficient (Wildman–Crippen LogP) is 5.05. The highest BCUT2D eigenvalue weighted by Crippen LogP contribution is 2.27. The standard InChI is InChI=1S/C16H10Br2FNO2/c17-10-4-5-12(18)9(6-10)8-20-14-3-1-2-13(19)11(14)7-15(20)16(21)22/h1-7H,8H2,(H,21,22). The summed E-state index contributed by atoms with van der Waals surface area (Å²) in [5.41, 5.74) is 1.52. The van der Waals surface area contributed by atoms with Crippen LogP contribution >= 0.6 is 31.9 Å². The van der Waals surface area contributed by atoms with Gasteiger partial charge in [-0.15, -0.1) is 0 Å². The number of nitrogens with zero attached hydrogens (tertiary/aromatic N) is 1. The van der Waals surface area contributed by atoms with Gasteiger partial charge in [0, 0.05) is 20.9 Å². The maximum Gasteiger partial charge on any atom is 0.352 e. The average Bonchev–Trinajstić information content (AvgIpc) is 2.83. The summed E-state index contributed by atoms with van der Waals surface area (Å²) in [4.78, 5) is 11.5. The number of carbonyl (C=O) groups is 1. The number of fused-ring (bicyclic) bond motifs is 1. The lowest BCUT2D eigenvalue weighted by Gasteiger charge is -2.11. The molecule has 0 aliphatic carbocycles. The molecule has 0 atom stereocenters. The Kier molecular flexibility index (Phi) is 4.06. The van der Waals surface area contributed by atoms with Gasteiger partial charge in [-0.2, -0.15) is 0 Å². The summed E-state index contributed by atoms with van der Waals surface area (Å²) in [5, 5.41) is 9.71. The Hall–Kier alpha value is -1.66. The molecule has 1 N–H and O–H groups in total. The van der Waals surface area contributed by atoms with Gasteiger partial charge in [-0.3, -0.25) is 0 Å². The smallest absolute Gasteiger partial charge is 0.352 e. The number of hydrogen-bond acceptors (Lipinski definition) is 1. The van der Waals surface area contributed by atoms with Gasteiger partial charge in [0.1, 0.15) is 11.5 Å². The zero-order valence-electron chi connectivity index (χ0n) is 11.2. The summed E-state index contributed by atoms with van der Waals surface area (Å²) in [6, 6.07) is 11.7. The van der Waals surface area contributed by atoms with Crippen LogP contribution in [0.3, 0.4) is 0 Å². The lowest BCUT2D eigenvalue weighted by atomic mass is 10.2. The molecule has 0 radical (unpaired) electrons. The van der Waals surface area contributed by atoms with Crippen molar-refractivity contribution in [3.63, 3.8) is 0 Å². The summed E-state index contributed by atoms with van der Waals surface area (Å²) >= 11 is 6.86. The molecule has 0 aliphatic rings. The summed E-state index contributed by atoms with van der Waals surface area (Å²) in [7, 11) is 0. The fraction of sp³-hybridized carbons (Fsp3) is 0.0625. The van der Waals surface area contributed by atoms with E-state index in [1.807, 2.05) is 18.2 Å². The van der Waals surface area contributed by atoms with Gasteiger partial charge in [0.2, 0.25) is 0 Å². The number of halogens is 3. The van der Waals surface area contributed by atoms with Gasteiger partial charge in [-0.05, 0) is 42.0 Å². The van der Waals surface area contributed by atoms with Crippen LogP contribution in [-0.4, -0.2) is 15.6 Å². The lowest BCUT2D eigenvalue weighted by Crippen LogP contribution is -2.09. The zero-order valence-corrected chi connectivity index (χ0v) is 14.4. The van der Waals surface area contributed by atoms with Gasteiger partial charge in [-0.1, -0.05) is 37.9 Å². The SMILES string of the molecule is O=C(O)c1cc2c(F)cccc2n1Cc1cc(Br)ccc1Br. The summed E-state index contributed by atoms with van der Waals surface area (Å²) in [6.07, 6.45) is 0. The van der Waals surface area contributed by atoms with Crippen molar-refractivity contribution >= 4 is 48.7 Å². The monoisotopic (exact) mass is 425 g/mol. The number of carboxylic acid groups (broad SMARTS) is 1. The fourth-order valence-electron chi connectivity index (χ4n) is 2.43. The van der Waals surface area contributed by atoms with E-state index in [0.29, 0.717) is 17.4 Å². The first-order chi connectivity index (χ1) is 10.5. The van der Waals surface area contributed by atoms with Gasteiger partial charge < -0.3 is 9.67 Å². The maximum absolute atomic E-state index is 13.9. The number of benzene rings is 2. The second kappa shape index (κ2) is 5.85. The molecular weight excluding hydrogens is 417 g/mol. The van der Waals surface area contributed by atoms with E-state index < -0.39 is 11.8 Å². The summed E-state index contributed by atoms with van der Waals surface area (Å²) in [6.45, 7) is 0.328. The van der Waals surface area contributed by atoms with Gasteiger partial charge in [0.05, 0.1) is 5.52 Å². The normalized spacial score (nSPS) is 11.0. The van der Waals surface area contributed by atoms with Crippen LogP contribution in [0.5, 0.6) is 0 Å². The second-order valence-corrected chi connectivity index (χ2v) is 6.60. The Morgan fingerprint density at radius 2 is 1.95 bits per heavy atom. The highest BCUT2D eigenvalue weighted by atomic mass is 79.9. The Morgan fingerprint density at radius 3 is 2.68 bits per heavy atom. The van der Waals surface area contributed by atoms with E-state index in [-0.39, 0.29) is 5.69 Å². The Bertz CT molecular complexity index is 889. The minimum atomic E-state index is -1.08. The van der Waals surface area contributed by atoms with E-state index >= 15 is 0 Å². The van der Waals surface area contributed by atoms with Crippen molar-refractivity contribution in [2.75, 3.05) is 0 Å². The van der Waals surface area contributed by atoms with Crippen LogP contribution in [0.1, 0.15) is 16.1 Å². The molecule has 0 saturated carbocycles. The molecule has 1 heterocycles. The van der Waals surface area contributed by atoms with Gasteiger partial charge >= 0.3 is 5.97 Å². The van der Waals surface area contributed by atoms with Crippen LogP contribution in [0.4, 0.5) is 4.39 Å². The van der Waals surface area contributed by atoms with E-state index in [1.54, 1.807) is 16.7 Å². The van der Waals surface area contributed by atoms with Gasteiger partial charge in [0.15, 0.2) is 0 Å². The first kappa shape index (κ1) is 15.2. The minimum Gasteiger partial charge on any atom is -0.477 e. The van der Waals surface area contributed by atoms with Crippen LogP contribution in [-0.2, 0) is 6.54 Å². The third-order valence-electron chi connectivity index (χ3n) is 3.45. The summed E-state index contributed by atoms with van der Waals surface area (Å²) in [5.74, 6) is -1.51.